The second-order valence-electron chi connectivity index (χ2n) is 8.13. The third-order valence-corrected chi connectivity index (χ3v) is 4.86. The zero-order chi connectivity index (χ0) is 21.0. The molecule has 0 heterocycles. The quantitative estimate of drug-likeness (QED) is 0.162. The minimum Gasteiger partial charge on any atom is -0.463 e. The fourth-order valence-electron chi connectivity index (χ4n) is 3.15. The molecule has 0 fully saturated rings. The molecule has 166 valence electrons. The second-order valence-corrected chi connectivity index (χ2v) is 8.13. The molecule has 1 atom stereocenters. The van der Waals surface area contributed by atoms with Crippen LogP contribution in [0.3, 0.4) is 0 Å². The molecule has 1 unspecified atom stereocenters. The summed E-state index contributed by atoms with van der Waals surface area (Å²) in [6.07, 6.45) is 15.8. The maximum atomic E-state index is 11.6. The standard InChI is InChI=1S/C21H43BO6/c1-19(2)15-13-11-9-7-5-3-4-6-8-10-12-14-16-21(24)27-18-20(17-23)28-22(25)26/h19-20,23,25-26H,3-18H2,1-2H3. The lowest BCUT2D eigenvalue weighted by atomic mass is 10.0. The van der Waals surface area contributed by atoms with Crippen LogP contribution >= 0.6 is 0 Å². The van der Waals surface area contributed by atoms with Gasteiger partial charge in [0, 0.05) is 6.42 Å². The fourth-order valence-corrected chi connectivity index (χ4v) is 3.15. The lowest BCUT2D eigenvalue weighted by molar-refractivity contribution is -0.147. The van der Waals surface area contributed by atoms with Crippen molar-refractivity contribution in [2.45, 2.75) is 110 Å². The third-order valence-electron chi connectivity index (χ3n) is 4.86. The van der Waals surface area contributed by atoms with Gasteiger partial charge in [-0.2, -0.15) is 0 Å². The Hall–Kier alpha value is -0.625. The molecule has 0 rings (SSSR count). The Morgan fingerprint density at radius 1 is 0.821 bits per heavy atom. The van der Waals surface area contributed by atoms with Crippen LogP contribution < -0.4 is 0 Å². The predicted octanol–water partition coefficient (Wildman–Crippen LogP) is 3.99. The van der Waals surface area contributed by atoms with Crippen molar-refractivity contribution in [3.05, 3.63) is 0 Å². The Bertz CT molecular complexity index is 352. The number of aliphatic hydroxyl groups excluding tert-OH is 1. The van der Waals surface area contributed by atoms with Gasteiger partial charge in [-0.1, -0.05) is 90.9 Å². The Morgan fingerprint density at radius 3 is 1.71 bits per heavy atom. The SMILES string of the molecule is CC(C)CCCCCCCCCCCCCCC(=O)OCC(CO)OB(O)O. The van der Waals surface area contributed by atoms with Crippen LogP contribution in [0.2, 0.25) is 0 Å². The van der Waals surface area contributed by atoms with Crippen molar-refractivity contribution in [3.63, 3.8) is 0 Å². The van der Waals surface area contributed by atoms with Crippen LogP contribution in [0, 0.1) is 5.92 Å². The summed E-state index contributed by atoms with van der Waals surface area (Å²) in [7, 11) is -1.98. The second kappa shape index (κ2) is 19.7. The van der Waals surface area contributed by atoms with Gasteiger partial charge >= 0.3 is 13.3 Å². The number of carbonyl (C=O) groups is 1. The first-order chi connectivity index (χ1) is 13.5. The minimum atomic E-state index is -1.98. The maximum absolute atomic E-state index is 11.6. The summed E-state index contributed by atoms with van der Waals surface area (Å²) in [5.41, 5.74) is 0. The zero-order valence-corrected chi connectivity index (χ0v) is 18.1. The molecule has 0 aliphatic heterocycles. The van der Waals surface area contributed by atoms with Crippen molar-refractivity contribution in [2.75, 3.05) is 13.2 Å². The number of aliphatic hydroxyl groups is 1. The van der Waals surface area contributed by atoms with Crippen LogP contribution in [-0.2, 0) is 14.2 Å². The fraction of sp³-hybridized carbons (Fsp3) is 0.952. The number of esters is 1. The molecule has 7 heteroatoms. The van der Waals surface area contributed by atoms with Crippen molar-refractivity contribution in [2.24, 2.45) is 5.92 Å². The van der Waals surface area contributed by atoms with Crippen molar-refractivity contribution in [3.8, 4) is 0 Å². The highest BCUT2D eigenvalue weighted by Gasteiger charge is 2.18. The molecule has 0 aliphatic rings. The van der Waals surface area contributed by atoms with E-state index in [9.17, 15) is 4.79 Å². The van der Waals surface area contributed by atoms with E-state index in [1.807, 2.05) is 0 Å². The summed E-state index contributed by atoms with van der Waals surface area (Å²) in [5, 5.41) is 26.3. The van der Waals surface area contributed by atoms with Crippen LogP contribution in [0.15, 0.2) is 0 Å². The van der Waals surface area contributed by atoms with E-state index < -0.39 is 20.0 Å². The number of unbranched alkanes of at least 4 members (excludes halogenated alkanes) is 11. The molecule has 0 amide bonds. The van der Waals surface area contributed by atoms with Gasteiger partial charge in [-0.3, -0.25) is 4.79 Å². The van der Waals surface area contributed by atoms with Gasteiger partial charge in [-0.25, -0.2) is 0 Å². The topological polar surface area (TPSA) is 96.2 Å². The van der Waals surface area contributed by atoms with Crippen LogP contribution in [0.1, 0.15) is 104 Å². The highest BCUT2D eigenvalue weighted by molar-refractivity contribution is 6.32. The normalized spacial score (nSPS) is 12.4. The van der Waals surface area contributed by atoms with E-state index >= 15 is 0 Å². The van der Waals surface area contributed by atoms with E-state index in [-0.39, 0.29) is 12.6 Å². The van der Waals surface area contributed by atoms with Crippen molar-refractivity contribution < 1.29 is 29.3 Å². The van der Waals surface area contributed by atoms with Gasteiger partial charge in [0.1, 0.15) is 12.7 Å². The number of hydrogen-bond acceptors (Lipinski definition) is 6. The van der Waals surface area contributed by atoms with Crippen LogP contribution in [0.4, 0.5) is 0 Å². The Morgan fingerprint density at radius 2 is 1.29 bits per heavy atom. The van der Waals surface area contributed by atoms with E-state index in [0.717, 1.165) is 25.2 Å². The highest BCUT2D eigenvalue weighted by atomic mass is 16.6. The van der Waals surface area contributed by atoms with E-state index in [1.165, 1.54) is 64.2 Å². The summed E-state index contributed by atoms with van der Waals surface area (Å²) < 4.78 is 9.53. The van der Waals surface area contributed by atoms with Gasteiger partial charge in [0.2, 0.25) is 0 Å². The summed E-state index contributed by atoms with van der Waals surface area (Å²) in [6, 6.07) is 0. The zero-order valence-electron chi connectivity index (χ0n) is 18.1. The maximum Gasteiger partial charge on any atom is 0.634 e. The van der Waals surface area contributed by atoms with Crippen LogP contribution in [0.25, 0.3) is 0 Å². The Labute approximate surface area is 172 Å². The van der Waals surface area contributed by atoms with Gasteiger partial charge in [0.25, 0.3) is 0 Å². The molecule has 3 N–H and O–H groups in total. The summed E-state index contributed by atoms with van der Waals surface area (Å²) in [6.45, 7) is 3.97. The average molecular weight is 402 g/mol. The Balaban J connectivity index is 3.31. The first kappa shape index (κ1) is 27.4. The van der Waals surface area contributed by atoms with Gasteiger partial charge in [-0.15, -0.1) is 0 Å². The molecule has 0 radical (unpaired) electrons. The van der Waals surface area contributed by atoms with Crippen molar-refractivity contribution in [1.82, 2.24) is 0 Å². The Kier molecular flexibility index (Phi) is 19.2. The number of rotatable bonds is 20. The van der Waals surface area contributed by atoms with Gasteiger partial charge < -0.3 is 24.5 Å². The first-order valence-corrected chi connectivity index (χ1v) is 11.2. The van der Waals surface area contributed by atoms with Crippen LogP contribution in [-0.4, -0.2) is 47.8 Å². The molecular formula is C21H43BO6. The summed E-state index contributed by atoms with van der Waals surface area (Å²) >= 11 is 0. The smallest absolute Gasteiger partial charge is 0.463 e. The lowest BCUT2D eigenvalue weighted by Crippen LogP contribution is -2.32. The predicted molar refractivity (Wildman–Crippen MR) is 113 cm³/mol. The third kappa shape index (κ3) is 20.1. The molecule has 0 aromatic rings. The molecule has 0 saturated carbocycles. The number of ether oxygens (including phenoxy) is 1. The van der Waals surface area contributed by atoms with E-state index in [1.54, 1.807) is 0 Å². The lowest BCUT2D eigenvalue weighted by Gasteiger charge is -2.15. The molecule has 28 heavy (non-hydrogen) atoms. The molecular weight excluding hydrogens is 359 g/mol. The first-order valence-electron chi connectivity index (χ1n) is 11.2. The summed E-state index contributed by atoms with van der Waals surface area (Å²) in [4.78, 5) is 11.6. The average Bonchev–Trinajstić information content (AvgIpc) is 2.64. The van der Waals surface area contributed by atoms with E-state index in [2.05, 4.69) is 18.5 Å². The largest absolute Gasteiger partial charge is 0.634 e. The van der Waals surface area contributed by atoms with Crippen LogP contribution in [0.5, 0.6) is 0 Å². The monoisotopic (exact) mass is 402 g/mol. The molecule has 0 saturated heterocycles. The molecule has 0 bridgehead atoms. The molecule has 0 aliphatic carbocycles. The van der Waals surface area contributed by atoms with Gasteiger partial charge in [-0.05, 0) is 12.3 Å². The van der Waals surface area contributed by atoms with Crippen molar-refractivity contribution >= 4 is 13.3 Å². The van der Waals surface area contributed by atoms with Gasteiger partial charge in [0.05, 0.1) is 6.61 Å². The summed E-state index contributed by atoms with van der Waals surface area (Å²) in [5.74, 6) is 0.494. The number of carbonyl (C=O) groups excluding carboxylic acids is 1. The van der Waals surface area contributed by atoms with Gasteiger partial charge in [0.15, 0.2) is 0 Å². The van der Waals surface area contributed by atoms with E-state index in [0.29, 0.717) is 6.42 Å². The van der Waals surface area contributed by atoms with Crippen molar-refractivity contribution in [1.29, 1.82) is 0 Å². The molecule has 0 aromatic heterocycles. The highest BCUT2D eigenvalue weighted by Crippen LogP contribution is 2.14. The minimum absolute atomic E-state index is 0.176. The molecule has 0 aromatic carbocycles. The molecule has 6 nitrogen and oxygen atoms in total. The van der Waals surface area contributed by atoms with E-state index in [4.69, 9.17) is 19.9 Å². The molecule has 0 spiro atoms. The number of hydrogen-bond donors (Lipinski definition) is 3.